The lowest BCUT2D eigenvalue weighted by molar-refractivity contribution is 0.102. The zero-order valence-corrected chi connectivity index (χ0v) is 13.4. The van der Waals surface area contributed by atoms with Crippen LogP contribution in [-0.4, -0.2) is 5.91 Å². The summed E-state index contributed by atoms with van der Waals surface area (Å²) in [7, 11) is 0. The van der Waals surface area contributed by atoms with Gasteiger partial charge in [0.2, 0.25) is 0 Å². The molecule has 0 aliphatic rings. The van der Waals surface area contributed by atoms with E-state index in [1.54, 1.807) is 18.2 Å². The molecule has 1 N–H and O–H groups in total. The highest BCUT2D eigenvalue weighted by Gasteiger charge is 2.17. The molecule has 20 heavy (non-hydrogen) atoms. The van der Waals surface area contributed by atoms with E-state index in [2.05, 4.69) is 21.2 Å². The van der Waals surface area contributed by atoms with Crippen LogP contribution in [0.3, 0.4) is 0 Å². The molecule has 7 heteroatoms. The molecule has 0 spiro atoms. The molecule has 0 aliphatic carbocycles. The predicted octanol–water partition coefficient (Wildman–Crippen LogP) is 4.72. The lowest BCUT2D eigenvalue weighted by Gasteiger charge is -2.09. The number of carbonyl (C=O) groups excluding carboxylic acids is 1. The molecule has 0 aliphatic heterocycles. The maximum atomic E-state index is 13.5. The number of rotatable bonds is 2. The maximum absolute atomic E-state index is 13.5. The van der Waals surface area contributed by atoms with Gasteiger partial charge >= 0.3 is 0 Å². The van der Waals surface area contributed by atoms with Crippen molar-refractivity contribution < 1.29 is 18.0 Å². The normalized spacial score (nSPS) is 10.4. The molecular weight excluding hydrogens is 450 g/mol. The van der Waals surface area contributed by atoms with Gasteiger partial charge in [-0.2, -0.15) is 0 Å². The third-order valence-corrected chi connectivity index (χ3v) is 3.82. The Labute approximate surface area is 134 Å². The van der Waals surface area contributed by atoms with E-state index in [0.29, 0.717) is 4.47 Å². The SMILES string of the molecule is O=C(Nc1ccc(F)c(F)c1F)c1cc(I)ccc1Br. The fraction of sp³-hybridized carbons (Fsp3) is 0. The van der Waals surface area contributed by atoms with Gasteiger partial charge in [-0.25, -0.2) is 13.2 Å². The maximum Gasteiger partial charge on any atom is 0.256 e. The molecule has 0 aromatic heterocycles. The molecule has 0 fully saturated rings. The minimum atomic E-state index is -1.62. The molecule has 0 atom stereocenters. The zero-order chi connectivity index (χ0) is 14.9. The van der Waals surface area contributed by atoms with Crippen molar-refractivity contribution in [1.29, 1.82) is 0 Å². The van der Waals surface area contributed by atoms with Crippen LogP contribution in [0.25, 0.3) is 0 Å². The van der Waals surface area contributed by atoms with Gasteiger partial charge in [0.1, 0.15) is 0 Å². The summed E-state index contributed by atoms with van der Waals surface area (Å²) < 4.78 is 40.7. The summed E-state index contributed by atoms with van der Waals surface area (Å²) in [5.74, 6) is -4.99. The Morgan fingerprint density at radius 2 is 1.80 bits per heavy atom. The predicted molar refractivity (Wildman–Crippen MR) is 81.1 cm³/mol. The molecule has 0 radical (unpaired) electrons. The number of anilines is 1. The van der Waals surface area contributed by atoms with E-state index in [1.165, 1.54) is 0 Å². The largest absolute Gasteiger partial charge is 0.319 e. The molecule has 0 unspecified atom stereocenters. The average molecular weight is 456 g/mol. The molecule has 1 amide bonds. The number of halogens is 5. The summed E-state index contributed by atoms with van der Waals surface area (Å²) in [6.07, 6.45) is 0. The molecule has 0 saturated carbocycles. The molecule has 2 nitrogen and oxygen atoms in total. The third kappa shape index (κ3) is 3.14. The van der Waals surface area contributed by atoms with Crippen molar-refractivity contribution in [2.24, 2.45) is 0 Å². The van der Waals surface area contributed by atoms with Crippen LogP contribution >= 0.6 is 38.5 Å². The van der Waals surface area contributed by atoms with Gasteiger partial charge < -0.3 is 5.32 Å². The van der Waals surface area contributed by atoms with Crippen molar-refractivity contribution in [3.63, 3.8) is 0 Å². The Balaban J connectivity index is 2.33. The second kappa shape index (κ2) is 6.13. The van der Waals surface area contributed by atoms with E-state index >= 15 is 0 Å². The van der Waals surface area contributed by atoms with Gasteiger partial charge in [-0.05, 0) is 68.9 Å². The summed E-state index contributed by atoms with van der Waals surface area (Å²) in [4.78, 5) is 12.0. The Hall–Kier alpha value is -1.09. The third-order valence-electron chi connectivity index (χ3n) is 2.46. The van der Waals surface area contributed by atoms with Crippen molar-refractivity contribution in [3.05, 3.63) is 61.4 Å². The highest BCUT2D eigenvalue weighted by Crippen LogP contribution is 2.23. The van der Waals surface area contributed by atoms with Crippen molar-refractivity contribution >= 4 is 50.1 Å². The number of hydrogen-bond donors (Lipinski definition) is 1. The van der Waals surface area contributed by atoms with Gasteiger partial charge in [-0.3, -0.25) is 4.79 Å². The van der Waals surface area contributed by atoms with E-state index in [0.717, 1.165) is 15.7 Å². The van der Waals surface area contributed by atoms with Crippen molar-refractivity contribution in [2.45, 2.75) is 0 Å². The Kier molecular flexibility index (Phi) is 4.69. The molecule has 0 bridgehead atoms. The van der Waals surface area contributed by atoms with Gasteiger partial charge in [0.15, 0.2) is 17.5 Å². The van der Waals surface area contributed by atoms with Crippen LogP contribution in [0.2, 0.25) is 0 Å². The van der Waals surface area contributed by atoms with Crippen LogP contribution in [0.15, 0.2) is 34.8 Å². The molecule has 0 heterocycles. The molecule has 2 aromatic carbocycles. The fourth-order valence-corrected chi connectivity index (χ4v) is 2.40. The quantitative estimate of drug-likeness (QED) is 0.515. The highest BCUT2D eigenvalue weighted by molar-refractivity contribution is 14.1. The van der Waals surface area contributed by atoms with Crippen LogP contribution in [-0.2, 0) is 0 Å². The van der Waals surface area contributed by atoms with Crippen LogP contribution in [0.5, 0.6) is 0 Å². The lowest BCUT2D eigenvalue weighted by atomic mass is 10.2. The molecule has 2 aromatic rings. The van der Waals surface area contributed by atoms with Crippen LogP contribution in [0, 0.1) is 21.0 Å². The number of benzene rings is 2. The van der Waals surface area contributed by atoms with Crippen molar-refractivity contribution in [1.82, 2.24) is 0 Å². The van der Waals surface area contributed by atoms with Gasteiger partial charge in [0, 0.05) is 8.04 Å². The highest BCUT2D eigenvalue weighted by atomic mass is 127. The summed E-state index contributed by atoms with van der Waals surface area (Å²) >= 11 is 5.22. The lowest BCUT2D eigenvalue weighted by Crippen LogP contribution is -2.14. The summed E-state index contributed by atoms with van der Waals surface area (Å²) in [6, 6.07) is 6.74. The average Bonchev–Trinajstić information content (AvgIpc) is 2.42. The van der Waals surface area contributed by atoms with E-state index in [9.17, 15) is 18.0 Å². The Bertz CT molecular complexity index is 694. The Morgan fingerprint density at radius 1 is 1.10 bits per heavy atom. The first-order valence-corrected chi connectivity index (χ1v) is 7.17. The fourth-order valence-electron chi connectivity index (χ4n) is 1.48. The first kappa shape index (κ1) is 15.3. The number of carbonyl (C=O) groups is 1. The summed E-state index contributed by atoms with van der Waals surface area (Å²) in [6.45, 7) is 0. The van der Waals surface area contributed by atoms with Gasteiger partial charge in [0.05, 0.1) is 11.3 Å². The summed E-state index contributed by atoms with van der Waals surface area (Å²) in [5.41, 5.74) is -0.152. The van der Waals surface area contributed by atoms with E-state index in [-0.39, 0.29) is 5.56 Å². The monoisotopic (exact) mass is 455 g/mol. The van der Waals surface area contributed by atoms with Crippen LogP contribution < -0.4 is 5.32 Å². The molecule has 104 valence electrons. The van der Waals surface area contributed by atoms with E-state index < -0.39 is 29.0 Å². The van der Waals surface area contributed by atoms with E-state index in [4.69, 9.17) is 0 Å². The number of nitrogens with one attached hydrogen (secondary N) is 1. The minimum Gasteiger partial charge on any atom is -0.319 e. The smallest absolute Gasteiger partial charge is 0.256 e. The van der Waals surface area contributed by atoms with Crippen molar-refractivity contribution in [3.8, 4) is 0 Å². The number of hydrogen-bond acceptors (Lipinski definition) is 1. The molecular formula is C13H6BrF3INO. The summed E-state index contributed by atoms with van der Waals surface area (Å²) in [5, 5.41) is 2.21. The minimum absolute atomic E-state index is 0.265. The van der Waals surface area contributed by atoms with Gasteiger partial charge in [-0.15, -0.1) is 0 Å². The van der Waals surface area contributed by atoms with Gasteiger partial charge in [0.25, 0.3) is 5.91 Å². The van der Waals surface area contributed by atoms with Gasteiger partial charge in [-0.1, -0.05) is 0 Å². The van der Waals surface area contributed by atoms with Crippen molar-refractivity contribution in [2.75, 3.05) is 5.32 Å². The number of amides is 1. The zero-order valence-electron chi connectivity index (χ0n) is 9.68. The second-order valence-corrected chi connectivity index (χ2v) is 5.90. The molecule has 2 rings (SSSR count). The standard InChI is InChI=1S/C13H6BrF3INO/c14-8-2-1-6(18)5-7(8)13(20)19-10-4-3-9(15)11(16)12(10)17/h1-5H,(H,19,20). The van der Waals surface area contributed by atoms with Crippen LogP contribution in [0.4, 0.5) is 18.9 Å². The van der Waals surface area contributed by atoms with E-state index in [1.807, 2.05) is 22.6 Å². The topological polar surface area (TPSA) is 29.1 Å². The molecule has 0 saturated heterocycles. The van der Waals surface area contributed by atoms with Crippen LogP contribution in [0.1, 0.15) is 10.4 Å². The Morgan fingerprint density at radius 3 is 2.50 bits per heavy atom. The first-order chi connectivity index (χ1) is 9.40. The second-order valence-electron chi connectivity index (χ2n) is 3.80. The first-order valence-electron chi connectivity index (χ1n) is 5.30.